The molecular weight excluding hydrogens is 463 g/mol. The molecule has 2 N–H and O–H groups in total. The molecule has 0 spiro atoms. The first kappa shape index (κ1) is 22.5. The van der Waals surface area contributed by atoms with E-state index in [0.717, 1.165) is 40.6 Å². The maximum Gasteiger partial charge on any atom is 0.410 e. The molecule has 6 nitrogen and oxygen atoms in total. The second kappa shape index (κ2) is 8.47. The number of nitrogens with one attached hydrogen (secondary N) is 2. The molecule has 176 valence electrons. The average molecular weight is 486 g/mol. The molecule has 0 bridgehead atoms. The largest absolute Gasteiger partial charge is 0.410 e. The third kappa shape index (κ3) is 3.94. The molecule has 3 aromatic rings. The van der Waals surface area contributed by atoms with E-state index in [2.05, 4.69) is 28.7 Å². The van der Waals surface area contributed by atoms with Crippen molar-refractivity contribution in [3.05, 3.63) is 63.7 Å². The summed E-state index contributed by atoms with van der Waals surface area (Å²) in [5, 5.41) is 19.9. The lowest BCUT2D eigenvalue weighted by Gasteiger charge is -2.34. The number of alkyl halides is 3. The lowest BCUT2D eigenvalue weighted by atomic mass is 9.88. The summed E-state index contributed by atoms with van der Waals surface area (Å²) in [6, 6.07) is 8.55. The number of hydrogen-bond acceptors (Lipinski definition) is 5. The quantitative estimate of drug-likeness (QED) is 0.487. The number of nitriles is 1. The highest BCUT2D eigenvalue weighted by Gasteiger charge is 2.47. The smallest absolute Gasteiger partial charge is 0.363 e. The number of amides is 1. The zero-order valence-corrected chi connectivity index (χ0v) is 19.1. The summed E-state index contributed by atoms with van der Waals surface area (Å²) < 4.78 is 42.6. The van der Waals surface area contributed by atoms with Crippen molar-refractivity contribution in [3.63, 3.8) is 0 Å². The number of halogens is 3. The summed E-state index contributed by atoms with van der Waals surface area (Å²) >= 11 is 1.37. The molecule has 1 aromatic carbocycles. The van der Waals surface area contributed by atoms with Gasteiger partial charge in [0.15, 0.2) is 6.04 Å². The van der Waals surface area contributed by atoms with Crippen molar-refractivity contribution in [2.75, 3.05) is 10.6 Å². The molecule has 5 rings (SSSR count). The maximum atomic E-state index is 13.9. The van der Waals surface area contributed by atoms with E-state index in [4.69, 9.17) is 0 Å². The first-order valence-corrected chi connectivity index (χ1v) is 11.9. The number of benzene rings is 1. The van der Waals surface area contributed by atoms with E-state index >= 15 is 0 Å². The van der Waals surface area contributed by atoms with Crippen molar-refractivity contribution in [3.8, 4) is 6.07 Å². The van der Waals surface area contributed by atoms with Gasteiger partial charge >= 0.3 is 6.18 Å². The standard InChI is InChI=1S/C24H22F3N5OS/c1-13-7-8-15-16(11-28)23(34-19(15)9-13)31-22(33)17-12-29-32-20(24(25,26)27)10-18(30-21(17)32)14-5-3-2-4-6-14/h2-6,12-13,18,20,30H,7-10H2,1H3,(H,31,33). The first-order valence-electron chi connectivity index (χ1n) is 11.1. The molecule has 0 fully saturated rings. The number of aromatic nitrogens is 2. The van der Waals surface area contributed by atoms with E-state index in [0.29, 0.717) is 22.0 Å². The highest BCUT2D eigenvalue weighted by atomic mass is 32.1. The van der Waals surface area contributed by atoms with E-state index < -0.39 is 24.2 Å². The summed E-state index contributed by atoms with van der Waals surface area (Å²) in [4.78, 5) is 14.3. The van der Waals surface area contributed by atoms with Gasteiger partial charge in [0.25, 0.3) is 5.91 Å². The molecule has 34 heavy (non-hydrogen) atoms. The van der Waals surface area contributed by atoms with Gasteiger partial charge in [-0.3, -0.25) is 4.79 Å². The molecule has 3 atom stereocenters. The van der Waals surface area contributed by atoms with Crippen LogP contribution in [-0.4, -0.2) is 21.9 Å². The number of thiophene rings is 1. The number of hydrogen-bond donors (Lipinski definition) is 2. The van der Waals surface area contributed by atoms with Gasteiger partial charge in [-0.1, -0.05) is 37.3 Å². The molecule has 3 heterocycles. The number of carbonyl (C=O) groups is 1. The first-order chi connectivity index (χ1) is 16.3. The molecule has 1 aliphatic carbocycles. The Morgan fingerprint density at radius 2 is 2.09 bits per heavy atom. The van der Waals surface area contributed by atoms with Crippen LogP contribution in [0.3, 0.4) is 0 Å². The van der Waals surface area contributed by atoms with Crippen LogP contribution in [0.15, 0.2) is 36.5 Å². The van der Waals surface area contributed by atoms with E-state index in [1.165, 1.54) is 11.3 Å². The summed E-state index contributed by atoms with van der Waals surface area (Å²) in [6.45, 7) is 2.15. The minimum Gasteiger partial charge on any atom is -0.363 e. The predicted molar refractivity (Wildman–Crippen MR) is 123 cm³/mol. The van der Waals surface area contributed by atoms with Gasteiger partial charge in [-0.2, -0.15) is 23.5 Å². The third-order valence-corrected chi connectivity index (χ3v) is 7.71. The van der Waals surface area contributed by atoms with Gasteiger partial charge in [-0.05, 0) is 36.3 Å². The van der Waals surface area contributed by atoms with Crippen LogP contribution in [0.5, 0.6) is 0 Å². The van der Waals surface area contributed by atoms with Crippen LogP contribution in [0.1, 0.15) is 63.8 Å². The number of carbonyl (C=O) groups excluding carboxylic acids is 1. The molecule has 0 saturated heterocycles. The predicted octanol–water partition coefficient (Wildman–Crippen LogP) is 5.85. The molecule has 3 unspecified atom stereocenters. The van der Waals surface area contributed by atoms with Crippen molar-refractivity contribution in [1.82, 2.24) is 9.78 Å². The van der Waals surface area contributed by atoms with Gasteiger partial charge in [0.1, 0.15) is 22.5 Å². The highest BCUT2D eigenvalue weighted by Crippen LogP contribution is 2.45. The average Bonchev–Trinajstić information content (AvgIpc) is 3.38. The van der Waals surface area contributed by atoms with Crippen LogP contribution in [0.2, 0.25) is 0 Å². The van der Waals surface area contributed by atoms with Crippen LogP contribution >= 0.6 is 11.3 Å². The van der Waals surface area contributed by atoms with Crippen LogP contribution in [0, 0.1) is 17.2 Å². The Balaban J connectivity index is 1.48. The number of anilines is 2. The van der Waals surface area contributed by atoms with Gasteiger partial charge in [0.2, 0.25) is 0 Å². The van der Waals surface area contributed by atoms with Crippen LogP contribution in [0.25, 0.3) is 0 Å². The van der Waals surface area contributed by atoms with E-state index in [-0.39, 0.29) is 17.8 Å². The van der Waals surface area contributed by atoms with Crippen LogP contribution in [-0.2, 0) is 12.8 Å². The number of rotatable bonds is 3. The number of fused-ring (bicyclic) bond motifs is 2. The summed E-state index contributed by atoms with van der Waals surface area (Å²) in [5.74, 6) is -0.0673. The summed E-state index contributed by atoms with van der Waals surface area (Å²) in [6.07, 6.45) is -1.000. The Hall–Kier alpha value is -3.32. The monoisotopic (exact) mass is 485 g/mol. The molecule has 0 saturated carbocycles. The zero-order chi connectivity index (χ0) is 24.0. The van der Waals surface area contributed by atoms with Gasteiger partial charge in [0, 0.05) is 11.3 Å². The van der Waals surface area contributed by atoms with E-state index in [1.54, 1.807) is 30.3 Å². The fraction of sp³-hybridized carbons (Fsp3) is 0.375. The van der Waals surface area contributed by atoms with Gasteiger partial charge in [-0.25, -0.2) is 4.68 Å². The fourth-order valence-electron chi connectivity index (χ4n) is 4.76. The molecular formula is C24H22F3N5OS. The zero-order valence-electron chi connectivity index (χ0n) is 18.3. The second-order valence-electron chi connectivity index (χ2n) is 8.87. The molecule has 1 amide bonds. The van der Waals surface area contributed by atoms with E-state index in [9.17, 15) is 23.2 Å². The minimum atomic E-state index is -4.53. The van der Waals surface area contributed by atoms with Crippen molar-refractivity contribution in [2.24, 2.45) is 5.92 Å². The molecule has 10 heteroatoms. The normalized spacial score (nSPS) is 21.7. The number of nitrogens with zero attached hydrogens (tertiary/aromatic N) is 3. The van der Waals surface area contributed by atoms with Crippen molar-refractivity contribution < 1.29 is 18.0 Å². The molecule has 2 aromatic heterocycles. The summed E-state index contributed by atoms with van der Waals surface area (Å²) in [5.41, 5.74) is 2.13. The third-order valence-electron chi connectivity index (χ3n) is 6.54. The van der Waals surface area contributed by atoms with Crippen molar-refractivity contribution in [2.45, 2.75) is 50.9 Å². The fourth-order valence-corrected chi connectivity index (χ4v) is 6.12. The topological polar surface area (TPSA) is 82.7 Å². The molecule has 0 radical (unpaired) electrons. The Morgan fingerprint density at radius 1 is 1.32 bits per heavy atom. The highest BCUT2D eigenvalue weighted by molar-refractivity contribution is 7.16. The van der Waals surface area contributed by atoms with Crippen LogP contribution in [0.4, 0.5) is 24.0 Å². The SMILES string of the molecule is CC1CCc2c(sc(NC(=O)c3cnn4c3NC(c3ccccc3)CC4C(F)(F)F)c2C#N)C1. The summed E-state index contributed by atoms with van der Waals surface area (Å²) in [7, 11) is 0. The molecule has 2 aliphatic rings. The van der Waals surface area contributed by atoms with Crippen molar-refractivity contribution in [1.29, 1.82) is 5.26 Å². The van der Waals surface area contributed by atoms with Gasteiger partial charge in [-0.15, -0.1) is 11.3 Å². The lowest BCUT2D eigenvalue weighted by molar-refractivity contribution is -0.173. The Morgan fingerprint density at radius 3 is 2.79 bits per heavy atom. The Labute approximate surface area is 198 Å². The minimum absolute atomic E-state index is 0.0125. The van der Waals surface area contributed by atoms with Crippen molar-refractivity contribution >= 4 is 28.1 Å². The van der Waals surface area contributed by atoms with Gasteiger partial charge < -0.3 is 10.6 Å². The second-order valence-corrected chi connectivity index (χ2v) is 9.98. The van der Waals surface area contributed by atoms with Crippen LogP contribution < -0.4 is 10.6 Å². The maximum absolute atomic E-state index is 13.9. The van der Waals surface area contributed by atoms with E-state index in [1.807, 2.05) is 0 Å². The lowest BCUT2D eigenvalue weighted by Crippen LogP contribution is -2.36. The Kier molecular flexibility index (Phi) is 5.60. The Bertz CT molecular complexity index is 1270. The molecule has 1 aliphatic heterocycles. The van der Waals surface area contributed by atoms with Gasteiger partial charge in [0.05, 0.1) is 17.8 Å².